The Labute approximate surface area is 168 Å². The Morgan fingerprint density at radius 2 is 2.14 bits per heavy atom. The highest BCUT2D eigenvalue weighted by Crippen LogP contribution is 2.34. The molecule has 0 bridgehead atoms. The van der Waals surface area contributed by atoms with Gasteiger partial charge in [0, 0.05) is 18.7 Å². The van der Waals surface area contributed by atoms with Gasteiger partial charge >= 0.3 is 0 Å². The minimum atomic E-state index is 0.236. The van der Waals surface area contributed by atoms with Crippen molar-refractivity contribution in [3.8, 4) is 22.3 Å². The van der Waals surface area contributed by atoms with Crippen LogP contribution in [0.5, 0.6) is 11.5 Å². The first-order chi connectivity index (χ1) is 13.7. The van der Waals surface area contributed by atoms with E-state index in [0.29, 0.717) is 11.8 Å². The lowest BCUT2D eigenvalue weighted by Crippen LogP contribution is -2.34. The Morgan fingerprint density at radius 3 is 2.89 bits per heavy atom. The fourth-order valence-corrected chi connectivity index (χ4v) is 4.44. The highest BCUT2D eigenvalue weighted by Gasteiger charge is 2.27. The van der Waals surface area contributed by atoms with E-state index in [4.69, 9.17) is 13.9 Å². The lowest BCUT2D eigenvalue weighted by molar-refractivity contribution is 0.184. The van der Waals surface area contributed by atoms with Crippen LogP contribution in [-0.4, -0.2) is 47.4 Å². The monoisotopic (exact) mass is 400 g/mol. The van der Waals surface area contributed by atoms with Gasteiger partial charge in [-0.25, -0.2) is 4.98 Å². The number of benzene rings is 1. The van der Waals surface area contributed by atoms with Crippen LogP contribution >= 0.6 is 11.3 Å². The quantitative estimate of drug-likeness (QED) is 0.621. The van der Waals surface area contributed by atoms with Gasteiger partial charge in [-0.1, -0.05) is 12.1 Å². The highest BCUT2D eigenvalue weighted by molar-refractivity contribution is 7.13. The van der Waals surface area contributed by atoms with Crippen molar-refractivity contribution >= 4 is 11.3 Å². The van der Waals surface area contributed by atoms with Crippen LogP contribution in [0, 0.1) is 6.92 Å². The van der Waals surface area contributed by atoms with Gasteiger partial charge in [-0.05, 0) is 32.4 Å². The SMILES string of the molecule is COc1cccc(CN2CCC[C@H](c3nnc(-c4scnc4C)o3)C2)c1OC. The van der Waals surface area contributed by atoms with Crippen molar-refractivity contribution in [2.24, 2.45) is 0 Å². The number of aromatic nitrogens is 3. The third kappa shape index (κ3) is 3.74. The molecule has 0 radical (unpaired) electrons. The number of hydrogen-bond donors (Lipinski definition) is 0. The molecule has 1 aliphatic rings. The van der Waals surface area contributed by atoms with Crippen LogP contribution in [0.4, 0.5) is 0 Å². The smallest absolute Gasteiger partial charge is 0.259 e. The van der Waals surface area contributed by atoms with Crippen LogP contribution in [0.1, 0.15) is 35.9 Å². The predicted octanol–water partition coefficient (Wildman–Crippen LogP) is 3.90. The largest absolute Gasteiger partial charge is 0.493 e. The Bertz CT molecular complexity index is 939. The van der Waals surface area contributed by atoms with E-state index < -0.39 is 0 Å². The van der Waals surface area contributed by atoms with Gasteiger partial charge in [0.15, 0.2) is 11.5 Å². The van der Waals surface area contributed by atoms with E-state index in [0.717, 1.165) is 60.1 Å². The zero-order valence-corrected chi connectivity index (χ0v) is 17.2. The maximum atomic E-state index is 6.01. The average Bonchev–Trinajstić information content (AvgIpc) is 3.36. The normalized spacial score (nSPS) is 17.6. The molecular weight excluding hydrogens is 376 g/mol. The molecule has 148 valence electrons. The lowest BCUT2D eigenvalue weighted by Gasteiger charge is -2.31. The van der Waals surface area contributed by atoms with Crippen molar-refractivity contribution in [1.29, 1.82) is 0 Å². The fourth-order valence-electron chi connectivity index (χ4n) is 3.72. The Balaban J connectivity index is 1.48. The number of rotatable bonds is 6. The van der Waals surface area contributed by atoms with Crippen molar-refractivity contribution in [2.75, 3.05) is 27.3 Å². The molecule has 0 saturated carbocycles. The summed E-state index contributed by atoms with van der Waals surface area (Å²) in [6, 6.07) is 6.00. The van der Waals surface area contributed by atoms with Crippen molar-refractivity contribution < 1.29 is 13.9 Å². The van der Waals surface area contributed by atoms with E-state index in [-0.39, 0.29) is 5.92 Å². The second-order valence-electron chi connectivity index (χ2n) is 6.94. The van der Waals surface area contributed by atoms with Crippen molar-refractivity contribution in [2.45, 2.75) is 32.2 Å². The summed E-state index contributed by atoms with van der Waals surface area (Å²) in [7, 11) is 3.35. The third-order valence-corrected chi connectivity index (χ3v) is 6.03. The Kier molecular flexibility index (Phi) is 5.59. The van der Waals surface area contributed by atoms with Gasteiger partial charge in [0.05, 0.1) is 31.3 Å². The lowest BCUT2D eigenvalue weighted by atomic mass is 9.97. The molecule has 1 aromatic carbocycles. The minimum Gasteiger partial charge on any atom is -0.493 e. The maximum Gasteiger partial charge on any atom is 0.259 e. The molecular formula is C20H24N4O3S. The van der Waals surface area contributed by atoms with Crippen LogP contribution in [0.3, 0.4) is 0 Å². The van der Waals surface area contributed by atoms with E-state index >= 15 is 0 Å². The van der Waals surface area contributed by atoms with E-state index in [1.54, 1.807) is 19.7 Å². The summed E-state index contributed by atoms with van der Waals surface area (Å²) in [5, 5.41) is 8.58. The maximum absolute atomic E-state index is 6.01. The molecule has 1 aliphatic heterocycles. The highest BCUT2D eigenvalue weighted by atomic mass is 32.1. The molecule has 0 spiro atoms. The molecule has 28 heavy (non-hydrogen) atoms. The number of methoxy groups -OCH3 is 2. The Morgan fingerprint density at radius 1 is 1.25 bits per heavy atom. The number of piperidine rings is 1. The van der Waals surface area contributed by atoms with Crippen LogP contribution < -0.4 is 9.47 Å². The molecule has 0 aliphatic carbocycles. The zero-order chi connectivity index (χ0) is 19.5. The van der Waals surface area contributed by atoms with Crippen molar-refractivity contribution in [1.82, 2.24) is 20.1 Å². The minimum absolute atomic E-state index is 0.236. The van der Waals surface area contributed by atoms with E-state index in [2.05, 4.69) is 26.1 Å². The number of nitrogens with zero attached hydrogens (tertiary/aromatic N) is 4. The van der Waals surface area contributed by atoms with E-state index in [9.17, 15) is 0 Å². The summed E-state index contributed by atoms with van der Waals surface area (Å²) >= 11 is 1.53. The molecule has 8 heteroatoms. The van der Waals surface area contributed by atoms with Crippen LogP contribution in [0.2, 0.25) is 0 Å². The number of para-hydroxylation sites is 1. The van der Waals surface area contributed by atoms with Crippen LogP contribution in [0.25, 0.3) is 10.8 Å². The van der Waals surface area contributed by atoms with Gasteiger partial charge < -0.3 is 13.9 Å². The summed E-state index contributed by atoms with van der Waals surface area (Å²) in [5.74, 6) is 3.08. The van der Waals surface area contributed by atoms with Crippen LogP contribution in [-0.2, 0) is 6.54 Å². The van der Waals surface area contributed by atoms with Crippen LogP contribution in [0.15, 0.2) is 28.1 Å². The third-order valence-electron chi connectivity index (χ3n) is 5.11. The van der Waals surface area contributed by atoms with Crippen molar-refractivity contribution in [3.63, 3.8) is 0 Å². The van der Waals surface area contributed by atoms with Gasteiger partial charge in [0.2, 0.25) is 5.89 Å². The molecule has 1 fully saturated rings. The summed E-state index contributed by atoms with van der Waals surface area (Å²) in [4.78, 5) is 7.63. The van der Waals surface area contributed by atoms with Gasteiger partial charge in [0.25, 0.3) is 5.89 Å². The molecule has 3 heterocycles. The number of ether oxygens (including phenoxy) is 2. The van der Waals surface area contributed by atoms with Crippen molar-refractivity contribution in [3.05, 3.63) is 40.9 Å². The molecule has 4 rings (SSSR count). The number of hydrogen-bond acceptors (Lipinski definition) is 8. The second-order valence-corrected chi connectivity index (χ2v) is 7.79. The van der Waals surface area contributed by atoms with E-state index in [1.807, 2.05) is 19.1 Å². The average molecular weight is 401 g/mol. The first kappa shape index (κ1) is 18.9. The summed E-state index contributed by atoms with van der Waals surface area (Å²) in [5.41, 5.74) is 3.85. The Hall–Kier alpha value is -2.45. The molecule has 3 aromatic rings. The van der Waals surface area contributed by atoms with Gasteiger partial charge in [0.1, 0.15) is 4.88 Å². The molecule has 0 amide bonds. The second kappa shape index (κ2) is 8.28. The topological polar surface area (TPSA) is 73.5 Å². The predicted molar refractivity (Wildman–Crippen MR) is 107 cm³/mol. The summed E-state index contributed by atoms with van der Waals surface area (Å²) < 4.78 is 17.0. The molecule has 1 atom stereocenters. The molecule has 1 saturated heterocycles. The summed E-state index contributed by atoms with van der Waals surface area (Å²) in [6.07, 6.45) is 2.14. The summed E-state index contributed by atoms with van der Waals surface area (Å²) in [6.45, 7) is 4.67. The molecule has 0 N–H and O–H groups in total. The zero-order valence-electron chi connectivity index (χ0n) is 16.3. The number of likely N-dealkylation sites (tertiary alicyclic amines) is 1. The van der Waals surface area contributed by atoms with Gasteiger partial charge in [-0.3, -0.25) is 4.90 Å². The number of aryl methyl sites for hydroxylation is 1. The first-order valence-electron chi connectivity index (χ1n) is 9.35. The first-order valence-corrected chi connectivity index (χ1v) is 10.2. The molecule has 2 aromatic heterocycles. The van der Waals surface area contributed by atoms with Gasteiger partial charge in [-0.15, -0.1) is 21.5 Å². The standard InChI is InChI=1S/C20H24N4O3S/c1-13-18(28-12-21-13)20-23-22-19(27-20)15-7-5-9-24(11-15)10-14-6-4-8-16(25-2)17(14)26-3/h4,6,8,12,15H,5,7,9-11H2,1-3H3/t15-/m0/s1. The van der Waals surface area contributed by atoms with E-state index in [1.165, 1.54) is 11.3 Å². The molecule has 7 nitrogen and oxygen atoms in total. The molecule has 0 unspecified atom stereocenters. The van der Waals surface area contributed by atoms with Gasteiger partial charge in [-0.2, -0.15) is 0 Å². The fraction of sp³-hybridized carbons (Fsp3) is 0.450. The number of thiazole rings is 1.